The van der Waals surface area contributed by atoms with Gasteiger partial charge < -0.3 is 0 Å². The van der Waals surface area contributed by atoms with E-state index >= 15 is 0 Å². The van der Waals surface area contributed by atoms with E-state index in [1.807, 2.05) is 0 Å². The number of unbranched alkanes of at least 4 members (excludes halogenated alkanes) is 1. The third kappa shape index (κ3) is 5.12. The van der Waals surface area contributed by atoms with Crippen LogP contribution in [0, 0.1) is 0 Å². The van der Waals surface area contributed by atoms with E-state index in [0.717, 1.165) is 0 Å². The second kappa shape index (κ2) is 6.12. The fraction of sp³-hybridized carbons (Fsp3) is 1.00. The average molecular weight is 206 g/mol. The Hall–Kier alpha value is 1.12. The Labute approximate surface area is 57.1 Å². The predicted molar refractivity (Wildman–Crippen MR) is 30.4 cm³/mol. The molecule has 0 aliphatic carbocycles. The van der Waals surface area contributed by atoms with Crippen LogP contribution < -0.4 is 0 Å². The van der Waals surface area contributed by atoms with Gasteiger partial charge in [-0.05, 0) is 0 Å². The summed E-state index contributed by atoms with van der Waals surface area (Å²) < 4.78 is 0. The van der Waals surface area contributed by atoms with Gasteiger partial charge in [0, 0.05) is 0 Å². The Morgan fingerprint density at radius 1 is 0.833 bits per heavy atom. The van der Waals surface area contributed by atoms with E-state index in [4.69, 9.17) is 0 Å². The van der Waals surface area contributed by atoms with Crippen molar-refractivity contribution >= 4 is 33.7 Å². The first-order chi connectivity index (χ1) is 2.91. The maximum absolute atomic E-state index is 2.60. The van der Waals surface area contributed by atoms with Gasteiger partial charge in [0.25, 0.3) is 0 Å². The second-order valence-corrected chi connectivity index (χ2v) is 3.03. The standard InChI is InChI=1S/C4H8As2/c5-3-1-2-4-6/h1-4H2. The molecule has 0 aliphatic heterocycles. The molecule has 34 valence electrons. The third-order valence-electron chi connectivity index (χ3n) is 0.566. The van der Waals surface area contributed by atoms with Crippen molar-refractivity contribution in [1.82, 2.24) is 0 Å². The molecule has 0 nitrogen and oxygen atoms in total. The molecule has 0 aromatic carbocycles. The van der Waals surface area contributed by atoms with Crippen LogP contribution in [0.5, 0.6) is 0 Å². The molecule has 0 bridgehead atoms. The molecule has 0 N–H and O–H groups in total. The van der Waals surface area contributed by atoms with Crippen LogP contribution in [0.3, 0.4) is 0 Å². The molecule has 0 amide bonds. The Morgan fingerprint density at radius 2 is 1.17 bits per heavy atom. The Kier molecular flexibility index (Phi) is 7.26. The van der Waals surface area contributed by atoms with Gasteiger partial charge in [0.15, 0.2) is 0 Å². The average Bonchev–Trinajstić information content (AvgIpc) is 1.61. The number of rotatable bonds is 3. The summed E-state index contributed by atoms with van der Waals surface area (Å²) in [7, 11) is 0. The number of hydrogen-bond donors (Lipinski definition) is 0. The molecule has 2 heteroatoms. The zero-order valence-corrected chi connectivity index (χ0v) is 7.48. The van der Waals surface area contributed by atoms with E-state index in [1.165, 1.54) is 23.3 Å². The summed E-state index contributed by atoms with van der Waals surface area (Å²) in [5.41, 5.74) is 0. The molecule has 0 atom stereocenters. The monoisotopic (exact) mass is 206 g/mol. The molecule has 0 fully saturated rings. The molecule has 0 spiro atoms. The maximum atomic E-state index is 2.60. The van der Waals surface area contributed by atoms with Crippen molar-refractivity contribution in [3.05, 3.63) is 0 Å². The van der Waals surface area contributed by atoms with Crippen molar-refractivity contribution in [2.75, 3.05) is 0 Å². The van der Waals surface area contributed by atoms with E-state index in [0.29, 0.717) is 0 Å². The molecular weight excluding hydrogens is 198 g/mol. The van der Waals surface area contributed by atoms with Crippen molar-refractivity contribution in [3.63, 3.8) is 0 Å². The molecule has 0 saturated carbocycles. The Balaban J connectivity index is 2.34. The van der Waals surface area contributed by atoms with Crippen molar-refractivity contribution < 1.29 is 0 Å². The zero-order valence-electron chi connectivity index (χ0n) is 3.72. The van der Waals surface area contributed by atoms with Crippen LogP contribution in [-0.2, 0) is 0 Å². The fourth-order valence-electron chi connectivity index (χ4n) is 0.224. The van der Waals surface area contributed by atoms with Gasteiger partial charge in [-0.25, -0.2) is 0 Å². The van der Waals surface area contributed by atoms with Gasteiger partial charge >= 0.3 is 57.0 Å². The molecule has 0 unspecified atom stereocenters. The summed E-state index contributed by atoms with van der Waals surface area (Å²) in [4.78, 5) is 0. The third-order valence-corrected chi connectivity index (χ3v) is 1.89. The van der Waals surface area contributed by atoms with Crippen molar-refractivity contribution in [2.24, 2.45) is 0 Å². The Bertz CT molecular complexity index is 17.5. The topological polar surface area (TPSA) is 0 Å². The van der Waals surface area contributed by atoms with E-state index in [9.17, 15) is 0 Å². The summed E-state index contributed by atoms with van der Waals surface area (Å²) in [5, 5.41) is 2.56. The van der Waals surface area contributed by atoms with Gasteiger partial charge in [0.2, 0.25) is 0 Å². The molecule has 0 aromatic rings. The van der Waals surface area contributed by atoms with Crippen molar-refractivity contribution in [2.45, 2.75) is 23.3 Å². The van der Waals surface area contributed by atoms with Crippen LogP contribution >= 0.6 is 0 Å². The fourth-order valence-corrected chi connectivity index (χ4v) is 1.16. The van der Waals surface area contributed by atoms with Gasteiger partial charge in [-0.1, -0.05) is 0 Å². The van der Waals surface area contributed by atoms with Gasteiger partial charge in [-0.15, -0.1) is 0 Å². The molecule has 0 saturated heterocycles. The Morgan fingerprint density at radius 3 is 1.33 bits per heavy atom. The van der Waals surface area contributed by atoms with Crippen molar-refractivity contribution in [3.8, 4) is 0 Å². The first kappa shape index (κ1) is 7.12. The van der Waals surface area contributed by atoms with E-state index in [2.05, 4.69) is 33.7 Å². The first-order valence-electron chi connectivity index (χ1n) is 2.13. The van der Waals surface area contributed by atoms with E-state index in [1.54, 1.807) is 0 Å². The van der Waals surface area contributed by atoms with Crippen LogP contribution in [0.25, 0.3) is 0 Å². The van der Waals surface area contributed by atoms with Gasteiger partial charge in [0.05, 0.1) is 0 Å². The summed E-state index contributed by atoms with van der Waals surface area (Å²) in [6.07, 6.45) is 2.74. The molecular formula is C4H8As2. The van der Waals surface area contributed by atoms with Crippen LogP contribution in [0.2, 0.25) is 10.4 Å². The zero-order chi connectivity index (χ0) is 4.83. The molecule has 6 heavy (non-hydrogen) atoms. The van der Waals surface area contributed by atoms with Crippen LogP contribution in [0.4, 0.5) is 0 Å². The van der Waals surface area contributed by atoms with Crippen LogP contribution in [0.15, 0.2) is 0 Å². The SMILES string of the molecule is [As]CCCC[As]. The minimum absolute atomic E-state index is 1.28. The van der Waals surface area contributed by atoms with E-state index < -0.39 is 0 Å². The van der Waals surface area contributed by atoms with Gasteiger partial charge in [-0.3, -0.25) is 0 Å². The number of hydrogen-bond acceptors (Lipinski definition) is 0. The van der Waals surface area contributed by atoms with E-state index in [-0.39, 0.29) is 0 Å². The van der Waals surface area contributed by atoms with Gasteiger partial charge in [0.1, 0.15) is 0 Å². The molecule has 0 rings (SSSR count). The van der Waals surface area contributed by atoms with Crippen molar-refractivity contribution in [1.29, 1.82) is 0 Å². The summed E-state index contributed by atoms with van der Waals surface area (Å²) in [6, 6.07) is 0. The summed E-state index contributed by atoms with van der Waals surface area (Å²) in [6.45, 7) is 0. The quantitative estimate of drug-likeness (QED) is 0.476. The summed E-state index contributed by atoms with van der Waals surface area (Å²) >= 11 is 5.20. The molecule has 0 aliphatic rings. The first-order valence-corrected chi connectivity index (χ1v) is 4.79. The van der Waals surface area contributed by atoms with Gasteiger partial charge in [-0.2, -0.15) is 0 Å². The molecule has 0 aromatic heterocycles. The van der Waals surface area contributed by atoms with Crippen LogP contribution in [-0.4, -0.2) is 33.7 Å². The summed E-state index contributed by atoms with van der Waals surface area (Å²) in [5.74, 6) is 0. The second-order valence-electron chi connectivity index (χ2n) is 1.15. The normalized spacial score (nSPS) is 9.00. The molecule has 4 radical (unpaired) electrons. The van der Waals surface area contributed by atoms with Crippen LogP contribution in [0.1, 0.15) is 12.8 Å². The minimum atomic E-state index is 1.28. The molecule has 0 heterocycles. The predicted octanol–water partition coefficient (Wildman–Crippen LogP) is 0.940.